The van der Waals surface area contributed by atoms with Gasteiger partial charge in [0.05, 0.1) is 16.8 Å². The molecule has 0 aliphatic heterocycles. The first-order chi connectivity index (χ1) is 8.24. The summed E-state index contributed by atoms with van der Waals surface area (Å²) >= 11 is 3.51. The number of hydrogen-bond donors (Lipinski definition) is 1. The third kappa shape index (κ3) is 2.58. The molecular weight excluding hydrogens is 280 g/mol. The van der Waals surface area contributed by atoms with Crippen LogP contribution in [-0.2, 0) is 0 Å². The average molecular weight is 295 g/mol. The van der Waals surface area contributed by atoms with E-state index in [2.05, 4.69) is 40.1 Å². The largest absolute Gasteiger partial charge is 0.466 e. The molecule has 0 aliphatic rings. The summed E-state index contributed by atoms with van der Waals surface area (Å²) in [7, 11) is 0. The topological polar surface area (TPSA) is 38.1 Å². The normalized spacial score (nSPS) is 12.6. The number of nitrogens with one attached hydrogen (secondary N) is 1. The molecule has 0 aromatic carbocycles. The van der Waals surface area contributed by atoms with E-state index in [0.717, 1.165) is 22.3 Å². The Morgan fingerprint density at radius 1 is 1.47 bits per heavy atom. The molecule has 0 bridgehead atoms. The van der Waals surface area contributed by atoms with Crippen molar-refractivity contribution in [3.8, 4) is 0 Å². The van der Waals surface area contributed by atoms with Gasteiger partial charge in [0, 0.05) is 12.4 Å². The van der Waals surface area contributed by atoms with Gasteiger partial charge < -0.3 is 9.73 Å². The lowest BCUT2D eigenvalue weighted by Gasteiger charge is -2.18. The predicted molar refractivity (Wildman–Crippen MR) is 70.9 cm³/mol. The molecule has 90 valence electrons. The molecule has 2 aromatic heterocycles. The Labute approximate surface area is 109 Å². The maximum absolute atomic E-state index is 5.56. The van der Waals surface area contributed by atoms with Crippen LogP contribution in [0.4, 0.5) is 0 Å². The molecule has 2 rings (SSSR count). The molecule has 0 saturated carbocycles. The van der Waals surface area contributed by atoms with Crippen molar-refractivity contribution in [1.82, 2.24) is 10.3 Å². The number of hydrogen-bond acceptors (Lipinski definition) is 3. The SMILES string of the molecule is CCNC(c1ccncc1C)c1occc1Br. The van der Waals surface area contributed by atoms with E-state index >= 15 is 0 Å². The number of halogens is 1. The van der Waals surface area contributed by atoms with Gasteiger partial charge in [-0.25, -0.2) is 0 Å². The molecule has 2 heterocycles. The zero-order valence-corrected chi connectivity index (χ0v) is 11.5. The van der Waals surface area contributed by atoms with E-state index in [0.29, 0.717) is 0 Å². The fraction of sp³-hybridized carbons (Fsp3) is 0.308. The van der Waals surface area contributed by atoms with E-state index in [1.54, 1.807) is 6.26 Å². The van der Waals surface area contributed by atoms with Crippen molar-refractivity contribution in [2.75, 3.05) is 6.54 Å². The molecule has 1 unspecified atom stereocenters. The van der Waals surface area contributed by atoms with Gasteiger partial charge in [-0.05, 0) is 52.7 Å². The molecule has 4 heteroatoms. The van der Waals surface area contributed by atoms with Crippen molar-refractivity contribution in [2.24, 2.45) is 0 Å². The summed E-state index contributed by atoms with van der Waals surface area (Å²) in [5, 5.41) is 3.43. The van der Waals surface area contributed by atoms with Gasteiger partial charge in [-0.3, -0.25) is 4.98 Å². The summed E-state index contributed by atoms with van der Waals surface area (Å²) < 4.78 is 6.54. The molecule has 1 atom stereocenters. The zero-order chi connectivity index (χ0) is 12.3. The number of nitrogens with zero attached hydrogens (tertiary/aromatic N) is 1. The minimum atomic E-state index is 0.0624. The van der Waals surface area contributed by atoms with Crippen LogP contribution in [-0.4, -0.2) is 11.5 Å². The van der Waals surface area contributed by atoms with E-state index in [4.69, 9.17) is 4.42 Å². The summed E-state index contributed by atoms with van der Waals surface area (Å²) in [6.45, 7) is 5.02. The molecule has 0 spiro atoms. The second-order valence-electron chi connectivity index (χ2n) is 3.86. The van der Waals surface area contributed by atoms with Gasteiger partial charge in [-0.2, -0.15) is 0 Å². The summed E-state index contributed by atoms with van der Waals surface area (Å²) in [5.74, 6) is 0.904. The van der Waals surface area contributed by atoms with Crippen LogP contribution >= 0.6 is 15.9 Å². The second kappa shape index (κ2) is 5.47. The lowest BCUT2D eigenvalue weighted by Crippen LogP contribution is -2.22. The zero-order valence-electron chi connectivity index (χ0n) is 9.90. The quantitative estimate of drug-likeness (QED) is 0.939. The number of pyridine rings is 1. The third-order valence-corrected chi connectivity index (χ3v) is 3.35. The number of aromatic nitrogens is 1. The number of rotatable bonds is 4. The smallest absolute Gasteiger partial charge is 0.139 e. The van der Waals surface area contributed by atoms with Crippen LogP contribution in [0.2, 0.25) is 0 Å². The molecule has 1 N–H and O–H groups in total. The Morgan fingerprint density at radius 2 is 2.29 bits per heavy atom. The monoisotopic (exact) mass is 294 g/mol. The van der Waals surface area contributed by atoms with E-state index in [1.165, 1.54) is 5.56 Å². The Balaban J connectivity index is 2.43. The minimum absolute atomic E-state index is 0.0624. The summed E-state index contributed by atoms with van der Waals surface area (Å²) in [4.78, 5) is 4.12. The van der Waals surface area contributed by atoms with Crippen LogP contribution in [0, 0.1) is 6.92 Å². The molecule has 3 nitrogen and oxygen atoms in total. The van der Waals surface area contributed by atoms with Gasteiger partial charge in [0.1, 0.15) is 5.76 Å². The van der Waals surface area contributed by atoms with Crippen LogP contribution in [0.25, 0.3) is 0 Å². The molecule has 17 heavy (non-hydrogen) atoms. The van der Waals surface area contributed by atoms with Gasteiger partial charge in [0.25, 0.3) is 0 Å². The average Bonchev–Trinajstić information content (AvgIpc) is 2.74. The maximum Gasteiger partial charge on any atom is 0.139 e. The van der Waals surface area contributed by atoms with E-state index in [1.807, 2.05) is 24.5 Å². The predicted octanol–water partition coefficient (Wildman–Crippen LogP) is 3.44. The maximum atomic E-state index is 5.56. The van der Waals surface area contributed by atoms with Crippen molar-refractivity contribution in [3.05, 3.63) is 52.1 Å². The van der Waals surface area contributed by atoms with Crippen LogP contribution < -0.4 is 5.32 Å². The van der Waals surface area contributed by atoms with Gasteiger partial charge in [-0.1, -0.05) is 6.92 Å². The molecular formula is C13H15BrN2O. The van der Waals surface area contributed by atoms with Crippen molar-refractivity contribution < 1.29 is 4.42 Å². The van der Waals surface area contributed by atoms with E-state index in [9.17, 15) is 0 Å². The Hall–Kier alpha value is -1.13. The Bertz CT molecular complexity index is 496. The van der Waals surface area contributed by atoms with Gasteiger partial charge in [0.15, 0.2) is 0 Å². The van der Waals surface area contributed by atoms with Gasteiger partial charge >= 0.3 is 0 Å². The van der Waals surface area contributed by atoms with Crippen molar-refractivity contribution >= 4 is 15.9 Å². The van der Waals surface area contributed by atoms with Crippen molar-refractivity contribution in [3.63, 3.8) is 0 Å². The fourth-order valence-corrected chi connectivity index (χ4v) is 2.30. The first-order valence-electron chi connectivity index (χ1n) is 5.60. The summed E-state index contributed by atoms with van der Waals surface area (Å²) in [6, 6.07) is 4.00. The highest BCUT2D eigenvalue weighted by molar-refractivity contribution is 9.10. The summed E-state index contributed by atoms with van der Waals surface area (Å²) in [6.07, 6.45) is 5.38. The highest BCUT2D eigenvalue weighted by Gasteiger charge is 2.20. The molecule has 0 aliphatic carbocycles. The third-order valence-electron chi connectivity index (χ3n) is 2.69. The summed E-state index contributed by atoms with van der Waals surface area (Å²) in [5.41, 5.74) is 2.35. The fourth-order valence-electron chi connectivity index (χ4n) is 1.87. The first kappa shape index (κ1) is 12.3. The van der Waals surface area contributed by atoms with Crippen LogP contribution in [0.1, 0.15) is 29.9 Å². The van der Waals surface area contributed by atoms with Crippen molar-refractivity contribution in [1.29, 1.82) is 0 Å². The van der Waals surface area contributed by atoms with E-state index < -0.39 is 0 Å². The highest BCUT2D eigenvalue weighted by Crippen LogP contribution is 2.30. The Morgan fingerprint density at radius 3 is 2.88 bits per heavy atom. The Kier molecular flexibility index (Phi) is 3.97. The van der Waals surface area contributed by atoms with Crippen LogP contribution in [0.3, 0.4) is 0 Å². The van der Waals surface area contributed by atoms with E-state index in [-0.39, 0.29) is 6.04 Å². The van der Waals surface area contributed by atoms with Crippen LogP contribution in [0.5, 0.6) is 0 Å². The number of aryl methyl sites for hydroxylation is 1. The lowest BCUT2D eigenvalue weighted by molar-refractivity contribution is 0.449. The molecule has 0 radical (unpaired) electrons. The molecule has 0 amide bonds. The minimum Gasteiger partial charge on any atom is -0.466 e. The van der Waals surface area contributed by atoms with Gasteiger partial charge in [-0.15, -0.1) is 0 Å². The highest BCUT2D eigenvalue weighted by atomic mass is 79.9. The van der Waals surface area contributed by atoms with Crippen LogP contribution in [0.15, 0.2) is 39.7 Å². The molecule has 0 saturated heterocycles. The first-order valence-corrected chi connectivity index (χ1v) is 6.40. The lowest BCUT2D eigenvalue weighted by atomic mass is 10.0. The standard InChI is InChI=1S/C13H15BrN2O/c1-3-16-12(13-11(14)5-7-17-13)10-4-6-15-8-9(10)2/h4-8,12,16H,3H2,1-2H3. The number of furan rings is 1. The van der Waals surface area contributed by atoms with Gasteiger partial charge in [0.2, 0.25) is 0 Å². The second-order valence-corrected chi connectivity index (χ2v) is 4.71. The molecule has 0 fully saturated rings. The molecule has 2 aromatic rings. The van der Waals surface area contributed by atoms with Crippen molar-refractivity contribution in [2.45, 2.75) is 19.9 Å².